The number of carbonyl (C=O) groups excluding carboxylic acids is 2. The third-order valence-corrected chi connectivity index (χ3v) is 7.13. The van der Waals surface area contributed by atoms with Crippen LogP contribution < -0.4 is 5.32 Å². The van der Waals surface area contributed by atoms with E-state index in [1.54, 1.807) is 31.5 Å². The number of nitrogens with zero attached hydrogens (tertiary/aromatic N) is 4. The highest BCUT2D eigenvalue weighted by molar-refractivity contribution is 7.91. The van der Waals surface area contributed by atoms with Gasteiger partial charge in [-0.1, -0.05) is 18.2 Å². The molecule has 0 radical (unpaired) electrons. The molecule has 31 heavy (non-hydrogen) atoms. The number of anilines is 1. The van der Waals surface area contributed by atoms with Gasteiger partial charge in [0.05, 0.1) is 45.9 Å². The second-order valence-corrected chi connectivity index (χ2v) is 9.98. The molecule has 3 heterocycles. The normalized spacial score (nSPS) is 17.6. The van der Waals surface area contributed by atoms with Crippen molar-refractivity contribution in [3.05, 3.63) is 59.0 Å². The molecule has 1 atom stereocenters. The Morgan fingerprint density at radius 2 is 1.81 bits per heavy atom. The van der Waals surface area contributed by atoms with Crippen LogP contribution in [0.15, 0.2) is 36.4 Å². The molecule has 1 aliphatic heterocycles. The van der Waals surface area contributed by atoms with E-state index in [2.05, 4.69) is 15.5 Å². The molecule has 3 aromatic rings. The van der Waals surface area contributed by atoms with Gasteiger partial charge in [0.2, 0.25) is 0 Å². The zero-order valence-corrected chi connectivity index (χ0v) is 18.3. The molecule has 0 saturated carbocycles. The van der Waals surface area contributed by atoms with E-state index in [0.29, 0.717) is 29.3 Å². The maximum atomic E-state index is 13.0. The number of aromatic nitrogens is 4. The van der Waals surface area contributed by atoms with E-state index in [1.165, 1.54) is 4.68 Å². The van der Waals surface area contributed by atoms with E-state index in [9.17, 15) is 18.0 Å². The van der Waals surface area contributed by atoms with Gasteiger partial charge in [0.15, 0.2) is 9.84 Å². The van der Waals surface area contributed by atoms with Gasteiger partial charge in [-0.15, -0.1) is 0 Å². The zero-order valence-electron chi connectivity index (χ0n) is 17.5. The Bertz CT molecular complexity index is 1270. The minimum atomic E-state index is -3.13. The lowest BCUT2D eigenvalue weighted by atomic mass is 10.1. The highest BCUT2D eigenvalue weighted by Gasteiger charge is 2.32. The molecule has 9 nitrogen and oxygen atoms in total. The number of ketones is 1. The van der Waals surface area contributed by atoms with E-state index in [-0.39, 0.29) is 23.1 Å². The van der Waals surface area contributed by atoms with Crippen LogP contribution in [0.3, 0.4) is 0 Å². The first kappa shape index (κ1) is 21.0. The van der Waals surface area contributed by atoms with Crippen molar-refractivity contribution in [2.45, 2.75) is 33.2 Å². The van der Waals surface area contributed by atoms with Crippen LogP contribution in [0.5, 0.6) is 0 Å². The van der Waals surface area contributed by atoms with Crippen molar-refractivity contribution >= 4 is 27.3 Å². The van der Waals surface area contributed by atoms with Gasteiger partial charge in [-0.25, -0.2) is 17.8 Å². The molecule has 2 aromatic heterocycles. The van der Waals surface area contributed by atoms with Crippen LogP contribution in [-0.4, -0.2) is 51.2 Å². The monoisotopic (exact) mass is 441 g/mol. The van der Waals surface area contributed by atoms with Gasteiger partial charge in [0.1, 0.15) is 5.82 Å². The molecular weight excluding hydrogens is 418 g/mol. The van der Waals surface area contributed by atoms with Gasteiger partial charge < -0.3 is 5.32 Å². The van der Waals surface area contributed by atoms with Crippen molar-refractivity contribution in [3.63, 3.8) is 0 Å². The van der Waals surface area contributed by atoms with Crippen molar-refractivity contribution in [1.82, 2.24) is 19.6 Å². The first-order valence-corrected chi connectivity index (χ1v) is 11.7. The van der Waals surface area contributed by atoms with E-state index >= 15 is 0 Å². The van der Waals surface area contributed by atoms with Crippen LogP contribution in [0.4, 0.5) is 5.82 Å². The number of sulfone groups is 1. The number of Topliss-reactive ketones (excluding diaryl/α,β-unsaturated/α-hetero) is 1. The second-order valence-electron chi connectivity index (χ2n) is 7.75. The van der Waals surface area contributed by atoms with E-state index < -0.39 is 21.5 Å². The molecular formula is C21H23N5O4S. The molecule has 1 unspecified atom stereocenters. The van der Waals surface area contributed by atoms with E-state index in [4.69, 9.17) is 0 Å². The summed E-state index contributed by atoms with van der Waals surface area (Å²) < 4.78 is 26.8. The Kier molecular flexibility index (Phi) is 5.26. The first-order valence-electron chi connectivity index (χ1n) is 9.90. The summed E-state index contributed by atoms with van der Waals surface area (Å²) in [5.41, 5.74) is 2.67. The number of amides is 1. The Hall–Kier alpha value is -3.27. The first-order chi connectivity index (χ1) is 14.7. The SMILES string of the molecule is Cc1cc(NC(=O)C(=O)c2c(C)nn(-c3ccccc3)c2C)n(C2CCS(=O)(=O)C2)n1. The Morgan fingerprint density at radius 1 is 1.10 bits per heavy atom. The Balaban J connectivity index is 1.60. The topological polar surface area (TPSA) is 116 Å². The molecule has 1 saturated heterocycles. The van der Waals surface area contributed by atoms with Crippen molar-refractivity contribution in [1.29, 1.82) is 0 Å². The summed E-state index contributed by atoms with van der Waals surface area (Å²) >= 11 is 0. The van der Waals surface area contributed by atoms with Crippen LogP contribution in [0, 0.1) is 20.8 Å². The van der Waals surface area contributed by atoms with Crippen molar-refractivity contribution in [2.24, 2.45) is 0 Å². The number of benzene rings is 1. The third kappa shape index (κ3) is 4.02. The summed E-state index contributed by atoms with van der Waals surface area (Å²) in [4.78, 5) is 25.8. The van der Waals surface area contributed by atoms with E-state index in [0.717, 1.165) is 5.69 Å². The predicted octanol–water partition coefficient (Wildman–Crippen LogP) is 2.18. The molecule has 1 N–H and O–H groups in total. The highest BCUT2D eigenvalue weighted by atomic mass is 32.2. The predicted molar refractivity (Wildman–Crippen MR) is 115 cm³/mol. The van der Waals surface area contributed by atoms with Gasteiger partial charge in [-0.2, -0.15) is 10.2 Å². The summed E-state index contributed by atoms with van der Waals surface area (Å²) in [6.45, 7) is 5.17. The summed E-state index contributed by atoms with van der Waals surface area (Å²) in [5, 5.41) is 11.4. The number of rotatable bonds is 5. The average molecular weight is 442 g/mol. The number of aryl methyl sites for hydroxylation is 2. The molecule has 0 bridgehead atoms. The van der Waals surface area contributed by atoms with E-state index in [1.807, 2.05) is 30.3 Å². The molecule has 162 valence electrons. The molecule has 4 rings (SSSR count). The summed E-state index contributed by atoms with van der Waals surface area (Å²) in [6, 6.07) is 10.6. The van der Waals surface area contributed by atoms with Crippen LogP contribution in [0.2, 0.25) is 0 Å². The summed E-state index contributed by atoms with van der Waals surface area (Å²) in [6.07, 6.45) is 0.419. The molecule has 1 fully saturated rings. The number of carbonyl (C=O) groups is 2. The van der Waals surface area contributed by atoms with Crippen LogP contribution in [0.25, 0.3) is 5.69 Å². The third-order valence-electron chi connectivity index (χ3n) is 5.38. The molecule has 0 aliphatic carbocycles. The quantitative estimate of drug-likeness (QED) is 0.479. The second kappa shape index (κ2) is 7.77. The zero-order chi connectivity index (χ0) is 22.3. The maximum absolute atomic E-state index is 13.0. The van der Waals surface area contributed by atoms with Crippen LogP contribution in [0.1, 0.15) is 39.9 Å². The largest absolute Gasteiger partial charge is 0.304 e. The highest BCUT2D eigenvalue weighted by Crippen LogP contribution is 2.27. The average Bonchev–Trinajstić information content (AvgIpc) is 3.36. The van der Waals surface area contributed by atoms with Gasteiger partial charge >= 0.3 is 0 Å². The van der Waals surface area contributed by atoms with Crippen LogP contribution in [-0.2, 0) is 14.6 Å². The standard InChI is InChI=1S/C21H23N5O4S/c1-13-11-18(26(23-13)17-9-10-31(29,30)12-17)22-21(28)20(27)19-14(2)24-25(15(19)3)16-7-5-4-6-8-16/h4-8,11,17H,9-10,12H2,1-3H3,(H,22,28). The smallest absolute Gasteiger partial charge is 0.298 e. The minimum absolute atomic E-state index is 0.0347. The minimum Gasteiger partial charge on any atom is -0.304 e. The summed E-state index contributed by atoms with van der Waals surface area (Å²) in [7, 11) is -3.13. The van der Waals surface area contributed by atoms with Gasteiger partial charge in [0.25, 0.3) is 11.7 Å². The van der Waals surface area contributed by atoms with Crippen molar-refractivity contribution < 1.29 is 18.0 Å². The Labute approximate surface area is 180 Å². The van der Waals surface area contributed by atoms with Gasteiger partial charge in [0, 0.05) is 6.07 Å². The number of hydrogen-bond acceptors (Lipinski definition) is 6. The summed E-state index contributed by atoms with van der Waals surface area (Å²) in [5.74, 6) is -1.17. The Morgan fingerprint density at radius 3 is 2.45 bits per heavy atom. The fourth-order valence-electron chi connectivity index (χ4n) is 3.94. The fourth-order valence-corrected chi connectivity index (χ4v) is 5.63. The van der Waals surface area contributed by atoms with Crippen molar-refractivity contribution in [3.8, 4) is 5.69 Å². The van der Waals surface area contributed by atoms with Gasteiger partial charge in [-0.3, -0.25) is 9.59 Å². The van der Waals surface area contributed by atoms with Crippen LogP contribution >= 0.6 is 0 Å². The number of para-hydroxylation sites is 1. The molecule has 1 aliphatic rings. The molecule has 1 aromatic carbocycles. The molecule has 10 heteroatoms. The maximum Gasteiger partial charge on any atom is 0.298 e. The lowest BCUT2D eigenvalue weighted by Gasteiger charge is -2.13. The van der Waals surface area contributed by atoms with Gasteiger partial charge in [-0.05, 0) is 39.3 Å². The fraction of sp³-hybridized carbons (Fsp3) is 0.333. The van der Waals surface area contributed by atoms with Crippen molar-refractivity contribution in [2.75, 3.05) is 16.8 Å². The lowest BCUT2D eigenvalue weighted by Crippen LogP contribution is -2.26. The molecule has 0 spiro atoms. The lowest BCUT2D eigenvalue weighted by molar-refractivity contribution is -0.112. The number of hydrogen-bond donors (Lipinski definition) is 1. The molecule has 1 amide bonds. The number of nitrogens with one attached hydrogen (secondary N) is 1.